The molecule has 0 radical (unpaired) electrons. The molecule has 1 aromatic heterocycles. The monoisotopic (exact) mass is 220 g/mol. The van der Waals surface area contributed by atoms with E-state index in [0.717, 1.165) is 18.5 Å². The number of halogens is 1. The van der Waals surface area contributed by atoms with Crippen molar-refractivity contribution >= 4 is 15.7 Å². The highest BCUT2D eigenvalue weighted by Gasteiger charge is 2.10. The number of aromatic nitrogens is 1. The summed E-state index contributed by atoms with van der Waals surface area (Å²) in [5.74, 6) is -0.617. The normalized spacial score (nSPS) is 11.1. The van der Waals surface area contributed by atoms with Crippen molar-refractivity contribution in [3.8, 4) is 5.88 Å². The van der Waals surface area contributed by atoms with Gasteiger partial charge in [-0.25, -0.2) is 17.8 Å². The van der Waals surface area contributed by atoms with E-state index >= 15 is 0 Å². The van der Waals surface area contributed by atoms with Gasteiger partial charge >= 0.3 is 0 Å². The fourth-order valence-corrected chi connectivity index (χ4v) is 1.41. The molecule has 14 heavy (non-hydrogen) atoms. The molecule has 78 valence electrons. The lowest BCUT2D eigenvalue weighted by Gasteiger charge is -2.07. The second-order valence-corrected chi connectivity index (χ2v) is 4.33. The molecular weight excluding hydrogens is 211 g/mol. The Bertz CT molecular complexity index is 433. The van der Waals surface area contributed by atoms with Crippen LogP contribution in [0.2, 0.25) is 0 Å². The van der Waals surface area contributed by atoms with Crippen LogP contribution in [0.25, 0.3) is 0 Å². The van der Waals surface area contributed by atoms with Gasteiger partial charge in [0.25, 0.3) is 0 Å². The number of methoxy groups -OCH3 is 1. The van der Waals surface area contributed by atoms with Crippen molar-refractivity contribution in [1.29, 1.82) is 0 Å². The van der Waals surface area contributed by atoms with Crippen LogP contribution in [0.3, 0.4) is 0 Å². The smallest absolute Gasteiger partial charge is 0.238 e. The Morgan fingerprint density at radius 2 is 2.21 bits per heavy atom. The topological polar surface area (TPSA) is 68.3 Å². The van der Waals surface area contributed by atoms with Crippen LogP contribution in [0.15, 0.2) is 12.3 Å². The molecule has 0 aliphatic heterocycles. The lowest BCUT2D eigenvalue weighted by Crippen LogP contribution is -2.11. The van der Waals surface area contributed by atoms with Gasteiger partial charge < -0.3 is 4.74 Å². The lowest BCUT2D eigenvalue weighted by atomic mass is 10.4. The van der Waals surface area contributed by atoms with Gasteiger partial charge in [-0.1, -0.05) is 0 Å². The first-order valence-corrected chi connectivity index (χ1v) is 5.49. The number of anilines is 1. The van der Waals surface area contributed by atoms with Crippen molar-refractivity contribution in [3.05, 3.63) is 18.1 Å². The quantitative estimate of drug-likeness (QED) is 0.810. The second-order valence-electron chi connectivity index (χ2n) is 2.58. The highest BCUT2D eigenvalue weighted by atomic mass is 32.2. The fourth-order valence-electron chi connectivity index (χ4n) is 0.862. The summed E-state index contributed by atoms with van der Waals surface area (Å²) < 4.78 is 41.3. The average molecular weight is 220 g/mol. The van der Waals surface area contributed by atoms with Gasteiger partial charge in [0.05, 0.1) is 19.6 Å². The Balaban J connectivity index is 3.11. The summed E-state index contributed by atoms with van der Waals surface area (Å²) in [5.41, 5.74) is -0.0185. The third-order valence-corrected chi connectivity index (χ3v) is 1.90. The maximum Gasteiger partial charge on any atom is 0.238 e. The van der Waals surface area contributed by atoms with Gasteiger partial charge in [-0.2, -0.15) is 0 Å². The summed E-state index contributed by atoms with van der Waals surface area (Å²) in [7, 11) is -2.15. The summed E-state index contributed by atoms with van der Waals surface area (Å²) in [5, 5.41) is 0. The Labute approximate surface area is 81.0 Å². The molecule has 0 aromatic carbocycles. The van der Waals surface area contributed by atoms with Gasteiger partial charge in [-0.05, 0) is 0 Å². The van der Waals surface area contributed by atoms with E-state index in [4.69, 9.17) is 4.74 Å². The molecule has 0 aliphatic carbocycles. The highest BCUT2D eigenvalue weighted by Crippen LogP contribution is 2.22. The Kier molecular flexibility index (Phi) is 2.90. The van der Waals surface area contributed by atoms with Crippen molar-refractivity contribution in [1.82, 2.24) is 4.98 Å². The Morgan fingerprint density at radius 3 is 2.71 bits per heavy atom. The van der Waals surface area contributed by atoms with Crippen molar-refractivity contribution in [2.75, 3.05) is 18.1 Å². The second kappa shape index (κ2) is 3.79. The molecule has 0 saturated carbocycles. The van der Waals surface area contributed by atoms with Crippen LogP contribution >= 0.6 is 0 Å². The SMILES string of the molecule is COc1ncc(F)cc1NS(C)(=O)=O. The molecule has 0 atom stereocenters. The molecule has 0 unspecified atom stereocenters. The number of sulfonamides is 1. The minimum Gasteiger partial charge on any atom is -0.479 e. The molecule has 0 fully saturated rings. The lowest BCUT2D eigenvalue weighted by molar-refractivity contribution is 0.398. The molecule has 1 heterocycles. The first kappa shape index (κ1) is 10.7. The summed E-state index contributed by atoms with van der Waals surface area (Å²) in [4.78, 5) is 3.56. The van der Waals surface area contributed by atoms with E-state index in [0.29, 0.717) is 0 Å². The van der Waals surface area contributed by atoms with Crippen LogP contribution in [0, 0.1) is 5.82 Å². The third kappa shape index (κ3) is 2.84. The fraction of sp³-hybridized carbons (Fsp3) is 0.286. The number of hydrogen-bond acceptors (Lipinski definition) is 4. The van der Waals surface area contributed by atoms with Crippen LogP contribution < -0.4 is 9.46 Å². The third-order valence-electron chi connectivity index (χ3n) is 1.31. The van der Waals surface area contributed by atoms with Gasteiger partial charge in [-0.15, -0.1) is 0 Å². The van der Waals surface area contributed by atoms with E-state index in [9.17, 15) is 12.8 Å². The average Bonchev–Trinajstić information content (AvgIpc) is 2.01. The predicted octanol–water partition coefficient (Wildman–Crippen LogP) is 0.601. The molecule has 0 bridgehead atoms. The molecular formula is C7H9FN2O3S. The molecule has 0 spiro atoms. The number of ether oxygens (including phenoxy) is 1. The molecule has 0 saturated heterocycles. The van der Waals surface area contributed by atoms with Crippen molar-refractivity contribution < 1.29 is 17.5 Å². The number of nitrogens with zero attached hydrogens (tertiary/aromatic N) is 1. The van der Waals surface area contributed by atoms with E-state index in [1.807, 2.05) is 0 Å². The number of nitrogens with one attached hydrogen (secondary N) is 1. The van der Waals surface area contributed by atoms with Crippen LogP contribution in [0.5, 0.6) is 5.88 Å². The van der Waals surface area contributed by atoms with Gasteiger partial charge in [0.15, 0.2) is 0 Å². The van der Waals surface area contributed by atoms with Gasteiger partial charge in [0.2, 0.25) is 15.9 Å². The molecule has 0 aliphatic rings. The summed E-state index contributed by atoms with van der Waals surface area (Å²) in [6.45, 7) is 0. The largest absolute Gasteiger partial charge is 0.479 e. The van der Waals surface area contributed by atoms with Crippen LogP contribution in [-0.4, -0.2) is 26.8 Å². The zero-order valence-electron chi connectivity index (χ0n) is 7.61. The number of pyridine rings is 1. The summed E-state index contributed by atoms with van der Waals surface area (Å²) in [6.07, 6.45) is 1.89. The minimum atomic E-state index is -3.46. The molecule has 5 nitrogen and oxygen atoms in total. The first-order valence-electron chi connectivity index (χ1n) is 3.59. The maximum absolute atomic E-state index is 12.7. The zero-order valence-corrected chi connectivity index (χ0v) is 8.43. The van der Waals surface area contributed by atoms with E-state index in [-0.39, 0.29) is 11.6 Å². The van der Waals surface area contributed by atoms with Gasteiger partial charge in [0, 0.05) is 6.07 Å². The van der Waals surface area contributed by atoms with Gasteiger partial charge in [-0.3, -0.25) is 4.72 Å². The molecule has 1 rings (SSSR count). The van der Waals surface area contributed by atoms with Crippen LogP contribution in [-0.2, 0) is 10.0 Å². The Hall–Kier alpha value is -1.37. The summed E-state index contributed by atoms with van der Waals surface area (Å²) in [6, 6.07) is 0.993. The predicted molar refractivity (Wildman–Crippen MR) is 49.2 cm³/mol. The number of rotatable bonds is 3. The highest BCUT2D eigenvalue weighted by molar-refractivity contribution is 7.92. The van der Waals surface area contributed by atoms with Crippen molar-refractivity contribution in [3.63, 3.8) is 0 Å². The number of hydrogen-bond donors (Lipinski definition) is 1. The van der Waals surface area contributed by atoms with Crippen LogP contribution in [0.1, 0.15) is 0 Å². The van der Waals surface area contributed by atoms with E-state index in [2.05, 4.69) is 9.71 Å². The standard InChI is InChI=1S/C7H9FN2O3S/c1-13-7-6(10-14(2,11)12)3-5(8)4-9-7/h3-4,10H,1-2H3. The van der Waals surface area contributed by atoms with Crippen LogP contribution in [0.4, 0.5) is 10.1 Å². The minimum absolute atomic E-state index is 0.0185. The van der Waals surface area contributed by atoms with Crippen molar-refractivity contribution in [2.45, 2.75) is 0 Å². The zero-order chi connectivity index (χ0) is 10.8. The molecule has 0 amide bonds. The maximum atomic E-state index is 12.7. The molecule has 7 heteroatoms. The first-order chi connectivity index (χ1) is 6.42. The van der Waals surface area contributed by atoms with E-state index in [1.54, 1.807) is 0 Å². The van der Waals surface area contributed by atoms with E-state index in [1.165, 1.54) is 7.11 Å². The molecule has 1 N–H and O–H groups in total. The summed E-state index contributed by atoms with van der Waals surface area (Å²) >= 11 is 0. The van der Waals surface area contributed by atoms with Gasteiger partial charge in [0.1, 0.15) is 11.5 Å². The molecule has 1 aromatic rings. The Morgan fingerprint density at radius 1 is 1.57 bits per heavy atom. The van der Waals surface area contributed by atoms with Crippen molar-refractivity contribution in [2.24, 2.45) is 0 Å². The van der Waals surface area contributed by atoms with E-state index < -0.39 is 15.8 Å².